The lowest BCUT2D eigenvalue weighted by molar-refractivity contribution is 0.590. The van der Waals surface area contributed by atoms with Gasteiger partial charge in [0, 0.05) is 5.39 Å². The van der Waals surface area contributed by atoms with Crippen molar-refractivity contribution in [3.63, 3.8) is 0 Å². The Kier molecular flexibility index (Phi) is 5.01. The molecule has 1 aromatic heterocycles. The fraction of sp³-hybridized carbons (Fsp3) is 0.143. The zero-order chi connectivity index (χ0) is 21.6. The van der Waals surface area contributed by atoms with Crippen LogP contribution in [0.1, 0.15) is 26.3 Å². The van der Waals surface area contributed by atoms with Gasteiger partial charge in [0.1, 0.15) is 11.2 Å². The molecule has 0 unspecified atom stereocenters. The highest BCUT2D eigenvalue weighted by Gasteiger charge is 2.19. The van der Waals surface area contributed by atoms with E-state index in [4.69, 9.17) is 4.42 Å². The molecule has 5 rings (SSSR count). The van der Waals surface area contributed by atoms with Crippen molar-refractivity contribution >= 4 is 56.2 Å². The van der Waals surface area contributed by atoms with Crippen LogP contribution in [0.2, 0.25) is 0 Å². The SMILES string of the molecule is CC(C)(C)c1ccc2oc3cccc(N(I)c4ccc(-c5ccccc5)cc4)c3c2c1. The minimum atomic E-state index is 0.0873. The van der Waals surface area contributed by atoms with Crippen LogP contribution in [0, 0.1) is 0 Å². The summed E-state index contributed by atoms with van der Waals surface area (Å²) in [4.78, 5) is 0. The van der Waals surface area contributed by atoms with Crippen LogP contribution >= 0.6 is 22.9 Å². The molecule has 3 heteroatoms. The van der Waals surface area contributed by atoms with E-state index in [9.17, 15) is 0 Å². The number of hydrogen-bond acceptors (Lipinski definition) is 2. The first kappa shape index (κ1) is 20.1. The predicted molar refractivity (Wildman–Crippen MR) is 140 cm³/mol. The highest BCUT2D eigenvalue weighted by molar-refractivity contribution is 14.1. The average molecular weight is 517 g/mol. The zero-order valence-corrected chi connectivity index (χ0v) is 20.1. The minimum absolute atomic E-state index is 0.0873. The quantitative estimate of drug-likeness (QED) is 0.175. The second-order valence-electron chi connectivity index (χ2n) is 8.91. The molecule has 0 bridgehead atoms. The molecule has 5 aromatic rings. The van der Waals surface area contributed by atoms with Gasteiger partial charge in [-0.05, 0) is 58.5 Å². The molecule has 0 atom stereocenters. The number of fused-ring (bicyclic) bond motifs is 3. The van der Waals surface area contributed by atoms with E-state index in [0.717, 1.165) is 27.9 Å². The van der Waals surface area contributed by atoms with E-state index in [1.54, 1.807) is 0 Å². The van der Waals surface area contributed by atoms with Crippen molar-refractivity contribution in [2.24, 2.45) is 0 Å². The summed E-state index contributed by atoms with van der Waals surface area (Å²) in [6.45, 7) is 6.74. The van der Waals surface area contributed by atoms with E-state index in [2.05, 4.69) is 132 Å². The molecule has 2 nitrogen and oxygen atoms in total. The standard InChI is InChI=1S/C28H24INO/c1-28(2,3)21-14-17-25-23(18-21)27-24(10-7-11-26(27)31-25)30(29)22-15-12-20(13-16-22)19-8-5-4-6-9-19/h4-18H,1-3H3. The Balaban J connectivity index is 1.61. The molecule has 0 aliphatic rings. The Bertz CT molecular complexity index is 1360. The monoisotopic (exact) mass is 517 g/mol. The maximum absolute atomic E-state index is 6.19. The molecule has 1 heterocycles. The van der Waals surface area contributed by atoms with Crippen LogP contribution in [0.3, 0.4) is 0 Å². The van der Waals surface area contributed by atoms with Gasteiger partial charge in [0.05, 0.1) is 39.6 Å². The fourth-order valence-electron chi connectivity index (χ4n) is 3.99. The third-order valence-corrected chi connectivity index (χ3v) is 6.83. The van der Waals surface area contributed by atoms with E-state index < -0.39 is 0 Å². The molecule has 0 radical (unpaired) electrons. The minimum Gasteiger partial charge on any atom is -0.456 e. The van der Waals surface area contributed by atoms with Crippen LogP contribution in [-0.4, -0.2) is 0 Å². The summed E-state index contributed by atoms with van der Waals surface area (Å²) in [6, 6.07) is 32.0. The average Bonchev–Trinajstić information content (AvgIpc) is 3.17. The van der Waals surface area contributed by atoms with Crippen LogP contribution in [0.25, 0.3) is 33.1 Å². The second-order valence-corrected chi connectivity index (χ2v) is 9.87. The topological polar surface area (TPSA) is 16.4 Å². The predicted octanol–water partition coefficient (Wildman–Crippen LogP) is 9.04. The number of anilines is 2. The van der Waals surface area contributed by atoms with Gasteiger partial charge in [0.25, 0.3) is 0 Å². The summed E-state index contributed by atoms with van der Waals surface area (Å²) in [5.41, 5.74) is 7.96. The number of hydrogen-bond donors (Lipinski definition) is 0. The van der Waals surface area contributed by atoms with Gasteiger partial charge < -0.3 is 4.42 Å². The van der Waals surface area contributed by atoms with Crippen molar-refractivity contribution < 1.29 is 4.42 Å². The number of benzene rings is 4. The highest BCUT2D eigenvalue weighted by Crippen LogP contribution is 2.42. The summed E-state index contributed by atoms with van der Waals surface area (Å²) in [5.74, 6) is 0. The van der Waals surface area contributed by atoms with Gasteiger partial charge in [-0.1, -0.05) is 75.4 Å². The lowest BCUT2D eigenvalue weighted by atomic mass is 9.86. The highest BCUT2D eigenvalue weighted by atomic mass is 127. The van der Waals surface area contributed by atoms with E-state index in [1.807, 2.05) is 6.07 Å². The molecule has 0 aliphatic carbocycles. The number of rotatable bonds is 3. The van der Waals surface area contributed by atoms with E-state index in [-0.39, 0.29) is 5.41 Å². The summed E-state index contributed by atoms with van der Waals surface area (Å²) in [6.07, 6.45) is 0. The van der Waals surface area contributed by atoms with Crippen LogP contribution < -0.4 is 3.11 Å². The van der Waals surface area contributed by atoms with E-state index in [1.165, 1.54) is 22.1 Å². The van der Waals surface area contributed by atoms with Crippen molar-refractivity contribution in [3.8, 4) is 11.1 Å². The van der Waals surface area contributed by atoms with Crippen LogP contribution in [0.5, 0.6) is 0 Å². The first-order valence-corrected chi connectivity index (χ1v) is 11.5. The van der Waals surface area contributed by atoms with Crippen LogP contribution in [0.15, 0.2) is 95.4 Å². The smallest absolute Gasteiger partial charge is 0.137 e. The van der Waals surface area contributed by atoms with Gasteiger partial charge in [-0.2, -0.15) is 0 Å². The third kappa shape index (κ3) is 3.72. The van der Waals surface area contributed by atoms with Crippen LogP contribution in [0.4, 0.5) is 11.4 Å². The molecule has 4 aromatic carbocycles. The molecular formula is C28H24INO. The molecule has 0 saturated heterocycles. The molecule has 0 aliphatic heterocycles. The largest absolute Gasteiger partial charge is 0.456 e. The maximum Gasteiger partial charge on any atom is 0.137 e. The molecule has 154 valence electrons. The normalized spacial score (nSPS) is 11.9. The van der Waals surface area contributed by atoms with Crippen molar-refractivity contribution in [1.82, 2.24) is 0 Å². The van der Waals surface area contributed by atoms with Gasteiger partial charge in [-0.25, -0.2) is 0 Å². The maximum atomic E-state index is 6.19. The van der Waals surface area contributed by atoms with Crippen LogP contribution in [-0.2, 0) is 5.41 Å². The van der Waals surface area contributed by atoms with Gasteiger partial charge in [0.15, 0.2) is 0 Å². The van der Waals surface area contributed by atoms with Gasteiger partial charge in [-0.15, -0.1) is 0 Å². The molecule has 0 spiro atoms. The number of halogens is 1. The van der Waals surface area contributed by atoms with Crippen molar-refractivity contribution in [2.45, 2.75) is 26.2 Å². The Morgan fingerprint density at radius 3 is 2.13 bits per heavy atom. The summed E-state index contributed by atoms with van der Waals surface area (Å²) >= 11 is 2.39. The summed E-state index contributed by atoms with van der Waals surface area (Å²) < 4.78 is 8.41. The molecule has 0 saturated carbocycles. The Labute approximate surface area is 197 Å². The Morgan fingerprint density at radius 1 is 0.710 bits per heavy atom. The molecular weight excluding hydrogens is 493 g/mol. The third-order valence-electron chi connectivity index (χ3n) is 5.75. The van der Waals surface area contributed by atoms with E-state index in [0.29, 0.717) is 0 Å². The van der Waals surface area contributed by atoms with Gasteiger partial charge in [-0.3, -0.25) is 3.11 Å². The van der Waals surface area contributed by atoms with Crippen molar-refractivity contribution in [3.05, 3.63) is 96.6 Å². The van der Waals surface area contributed by atoms with Gasteiger partial charge in [0.2, 0.25) is 0 Å². The lowest BCUT2D eigenvalue weighted by Gasteiger charge is -2.20. The first-order valence-electron chi connectivity index (χ1n) is 10.5. The van der Waals surface area contributed by atoms with E-state index >= 15 is 0 Å². The van der Waals surface area contributed by atoms with Crippen molar-refractivity contribution in [1.29, 1.82) is 0 Å². The van der Waals surface area contributed by atoms with Gasteiger partial charge >= 0.3 is 0 Å². The summed E-state index contributed by atoms with van der Waals surface area (Å²) in [7, 11) is 0. The molecule has 0 fully saturated rings. The zero-order valence-electron chi connectivity index (χ0n) is 17.9. The van der Waals surface area contributed by atoms with Crippen molar-refractivity contribution in [2.75, 3.05) is 3.11 Å². The lowest BCUT2D eigenvalue weighted by Crippen LogP contribution is -2.10. The second kappa shape index (κ2) is 7.72. The number of furan rings is 1. The Hall–Kier alpha value is -2.79. The summed E-state index contributed by atoms with van der Waals surface area (Å²) in [5, 5.41) is 2.32. The number of nitrogens with zero attached hydrogens (tertiary/aromatic N) is 1. The Morgan fingerprint density at radius 2 is 1.42 bits per heavy atom. The first-order chi connectivity index (χ1) is 14.9. The molecule has 0 N–H and O–H groups in total. The fourth-order valence-corrected chi connectivity index (χ4v) is 4.72. The molecule has 31 heavy (non-hydrogen) atoms. The molecule has 0 amide bonds.